The smallest absolute Gasteiger partial charge is 0.254 e. The highest BCUT2D eigenvalue weighted by Crippen LogP contribution is 2.15. The quantitative estimate of drug-likeness (QED) is 0.482. The van der Waals surface area contributed by atoms with Crippen LogP contribution in [0.3, 0.4) is 0 Å². The van der Waals surface area contributed by atoms with E-state index in [1.54, 1.807) is 19.2 Å². The number of nitrogens with one attached hydrogen (secondary N) is 1. The minimum absolute atomic E-state index is 0.0200. The number of piperidine rings is 1. The summed E-state index contributed by atoms with van der Waals surface area (Å²) in [5.41, 5.74) is 2.46. The molecule has 7 heteroatoms. The summed E-state index contributed by atoms with van der Waals surface area (Å²) in [6.45, 7) is 4.59. The number of rotatable bonds is 9. The molecule has 7 nitrogen and oxygen atoms in total. The van der Waals surface area contributed by atoms with Crippen LogP contribution >= 0.6 is 0 Å². The number of carbonyl (C=O) groups excluding carboxylic acids is 2. The van der Waals surface area contributed by atoms with Gasteiger partial charge in [0.05, 0.1) is 6.54 Å². The van der Waals surface area contributed by atoms with E-state index >= 15 is 0 Å². The van der Waals surface area contributed by atoms with Crippen molar-refractivity contribution in [3.8, 4) is 5.75 Å². The lowest BCUT2D eigenvalue weighted by molar-refractivity contribution is -0.120. The van der Waals surface area contributed by atoms with E-state index in [1.165, 1.54) is 10.6 Å². The maximum absolute atomic E-state index is 12.8. The Morgan fingerprint density at radius 3 is 2.34 bits per heavy atom. The zero-order valence-electron chi connectivity index (χ0n) is 20.0. The highest BCUT2D eigenvalue weighted by Gasteiger charge is 2.19. The predicted octanol–water partition coefficient (Wildman–Crippen LogP) is 3.41. The number of nitrogens with zero attached hydrogens (tertiary/aromatic N) is 2. The molecule has 2 heterocycles. The third-order valence-corrected chi connectivity index (χ3v) is 6.21. The van der Waals surface area contributed by atoms with E-state index in [0.717, 1.165) is 43.6 Å². The fourth-order valence-corrected chi connectivity index (χ4v) is 4.27. The molecule has 0 bridgehead atoms. The molecular weight excluding hydrogens is 442 g/mol. The van der Waals surface area contributed by atoms with Crippen LogP contribution in [0.1, 0.15) is 41.3 Å². The van der Waals surface area contributed by atoms with Crippen LogP contribution in [0.5, 0.6) is 5.75 Å². The van der Waals surface area contributed by atoms with Crippen molar-refractivity contribution in [2.75, 3.05) is 13.1 Å². The number of pyridine rings is 1. The van der Waals surface area contributed by atoms with Crippen molar-refractivity contribution in [1.29, 1.82) is 0 Å². The minimum Gasteiger partial charge on any atom is -0.489 e. The van der Waals surface area contributed by atoms with Crippen LogP contribution in [0.2, 0.25) is 0 Å². The Balaban J connectivity index is 1.28. The Kier molecular flexibility index (Phi) is 8.11. The van der Waals surface area contributed by atoms with E-state index in [2.05, 4.69) is 10.2 Å². The van der Waals surface area contributed by atoms with Gasteiger partial charge in [0.15, 0.2) is 5.78 Å². The van der Waals surface area contributed by atoms with Gasteiger partial charge in [-0.2, -0.15) is 0 Å². The molecule has 1 aliphatic rings. The second kappa shape index (κ2) is 11.6. The Bertz CT molecular complexity index is 1200. The number of ether oxygens (including phenoxy) is 1. The van der Waals surface area contributed by atoms with E-state index in [9.17, 15) is 14.4 Å². The van der Waals surface area contributed by atoms with Gasteiger partial charge < -0.3 is 14.6 Å². The van der Waals surface area contributed by atoms with Crippen LogP contribution in [0.4, 0.5) is 0 Å². The lowest BCUT2D eigenvalue weighted by atomic mass is 10.0. The van der Waals surface area contributed by atoms with Crippen LogP contribution in [0.25, 0.3) is 0 Å². The Labute approximate surface area is 205 Å². The summed E-state index contributed by atoms with van der Waals surface area (Å²) in [7, 11) is 0. The molecule has 4 rings (SSSR count). The first-order valence-corrected chi connectivity index (χ1v) is 11.9. The number of ketones is 1. The van der Waals surface area contributed by atoms with Crippen LogP contribution in [0, 0.1) is 0 Å². The molecule has 0 unspecified atom stereocenters. The topological polar surface area (TPSA) is 80.6 Å². The average molecular weight is 474 g/mol. The summed E-state index contributed by atoms with van der Waals surface area (Å²) in [5.74, 6) is 0.388. The molecule has 1 aromatic heterocycles. The normalized spacial score (nSPS) is 14.4. The molecule has 1 aliphatic heterocycles. The largest absolute Gasteiger partial charge is 0.489 e. The van der Waals surface area contributed by atoms with Gasteiger partial charge in [0.25, 0.3) is 5.56 Å². The van der Waals surface area contributed by atoms with Gasteiger partial charge >= 0.3 is 0 Å². The SMILES string of the molecule is CC(=O)NC1CCN(Cc2ccc(C(=O)Cn3ccc(OCc4ccccc4)cc3=O)cc2)CC1. The standard InChI is InChI=1S/C28H31N3O4/c1-21(32)29-25-11-14-30(15-12-25)18-22-7-9-24(10-8-22)27(33)19-31-16-13-26(17-28(31)34)35-20-23-5-3-2-4-6-23/h2-10,13,16-17,25H,11-12,14-15,18-20H2,1H3,(H,29,32). The van der Waals surface area contributed by atoms with Crippen molar-refractivity contribution >= 4 is 11.7 Å². The van der Waals surface area contributed by atoms with Gasteiger partial charge in [0.1, 0.15) is 12.4 Å². The summed E-state index contributed by atoms with van der Waals surface area (Å²) in [4.78, 5) is 38.8. The predicted molar refractivity (Wildman–Crippen MR) is 134 cm³/mol. The third-order valence-electron chi connectivity index (χ3n) is 6.21. The van der Waals surface area contributed by atoms with E-state index in [-0.39, 0.29) is 29.8 Å². The maximum atomic E-state index is 12.8. The van der Waals surface area contributed by atoms with Gasteiger partial charge in [-0.05, 0) is 30.0 Å². The van der Waals surface area contributed by atoms with Crippen molar-refractivity contribution in [2.45, 2.75) is 45.5 Å². The molecule has 1 fully saturated rings. The molecular formula is C28H31N3O4. The molecule has 0 aliphatic carbocycles. The van der Waals surface area contributed by atoms with Crippen LogP contribution < -0.4 is 15.6 Å². The Morgan fingerprint density at radius 1 is 0.971 bits per heavy atom. The summed E-state index contributed by atoms with van der Waals surface area (Å²) in [5, 5.41) is 2.99. The molecule has 1 saturated heterocycles. The van der Waals surface area contributed by atoms with Crippen molar-refractivity contribution in [3.05, 3.63) is 100.0 Å². The molecule has 3 aromatic rings. The third kappa shape index (κ3) is 7.13. The minimum atomic E-state index is -0.275. The monoisotopic (exact) mass is 473 g/mol. The zero-order valence-corrected chi connectivity index (χ0v) is 20.0. The Morgan fingerprint density at radius 2 is 1.69 bits per heavy atom. The highest BCUT2D eigenvalue weighted by atomic mass is 16.5. The second-order valence-corrected chi connectivity index (χ2v) is 8.97. The number of benzene rings is 2. The van der Waals surface area contributed by atoms with Crippen LogP contribution in [-0.2, 0) is 24.5 Å². The molecule has 1 amide bonds. The average Bonchev–Trinajstić information content (AvgIpc) is 2.86. The molecule has 35 heavy (non-hydrogen) atoms. The lowest BCUT2D eigenvalue weighted by Gasteiger charge is -2.32. The summed E-state index contributed by atoms with van der Waals surface area (Å²) in [6.07, 6.45) is 3.49. The molecule has 0 radical (unpaired) electrons. The number of Topliss-reactive ketones (excluding diaryl/α,β-unsaturated/α-hetero) is 1. The van der Waals surface area contributed by atoms with Gasteiger partial charge in [-0.15, -0.1) is 0 Å². The maximum Gasteiger partial charge on any atom is 0.254 e. The van der Waals surface area contributed by atoms with Gasteiger partial charge in [0, 0.05) is 50.4 Å². The number of amides is 1. The summed E-state index contributed by atoms with van der Waals surface area (Å²) >= 11 is 0. The lowest BCUT2D eigenvalue weighted by Crippen LogP contribution is -2.43. The van der Waals surface area contributed by atoms with Gasteiger partial charge in [-0.3, -0.25) is 19.3 Å². The fourth-order valence-electron chi connectivity index (χ4n) is 4.27. The van der Waals surface area contributed by atoms with E-state index in [0.29, 0.717) is 17.9 Å². The summed E-state index contributed by atoms with van der Waals surface area (Å²) < 4.78 is 7.09. The summed E-state index contributed by atoms with van der Waals surface area (Å²) in [6, 6.07) is 20.7. The first-order chi connectivity index (χ1) is 17.0. The van der Waals surface area contributed by atoms with E-state index < -0.39 is 0 Å². The number of hydrogen-bond donors (Lipinski definition) is 1. The van der Waals surface area contributed by atoms with Crippen LogP contribution in [0.15, 0.2) is 77.7 Å². The fraction of sp³-hybridized carbons (Fsp3) is 0.321. The van der Waals surface area contributed by atoms with Gasteiger partial charge in [-0.25, -0.2) is 0 Å². The van der Waals surface area contributed by atoms with Crippen molar-refractivity contribution < 1.29 is 14.3 Å². The molecule has 1 N–H and O–H groups in total. The highest BCUT2D eigenvalue weighted by molar-refractivity contribution is 5.95. The van der Waals surface area contributed by atoms with Crippen molar-refractivity contribution in [3.63, 3.8) is 0 Å². The number of carbonyl (C=O) groups is 2. The van der Waals surface area contributed by atoms with Crippen molar-refractivity contribution in [1.82, 2.24) is 14.8 Å². The first kappa shape index (κ1) is 24.4. The van der Waals surface area contributed by atoms with Gasteiger partial charge in [0.2, 0.25) is 5.91 Å². The van der Waals surface area contributed by atoms with Crippen LogP contribution in [-0.4, -0.2) is 40.3 Å². The number of likely N-dealkylation sites (tertiary alicyclic amines) is 1. The number of aromatic nitrogens is 1. The second-order valence-electron chi connectivity index (χ2n) is 8.97. The molecule has 0 atom stereocenters. The Hall–Kier alpha value is -3.71. The van der Waals surface area contributed by atoms with E-state index in [4.69, 9.17) is 4.74 Å². The molecule has 0 saturated carbocycles. The number of hydrogen-bond acceptors (Lipinski definition) is 5. The van der Waals surface area contributed by atoms with E-state index in [1.807, 2.05) is 54.6 Å². The molecule has 182 valence electrons. The van der Waals surface area contributed by atoms with Crippen molar-refractivity contribution in [2.24, 2.45) is 0 Å². The first-order valence-electron chi connectivity index (χ1n) is 11.9. The molecule has 0 spiro atoms. The van der Waals surface area contributed by atoms with Gasteiger partial charge in [-0.1, -0.05) is 54.6 Å². The zero-order chi connectivity index (χ0) is 24.6. The molecule has 2 aromatic carbocycles.